The molecule has 4 rings (SSSR count). The van der Waals surface area contributed by atoms with E-state index in [2.05, 4.69) is 10.2 Å². The lowest BCUT2D eigenvalue weighted by Gasteiger charge is -2.25. The number of nitrogens with one attached hydrogen (secondary N) is 1. The van der Waals surface area contributed by atoms with Crippen LogP contribution in [0.3, 0.4) is 0 Å². The molecule has 0 aliphatic heterocycles. The minimum atomic E-state index is -0.206. The number of aromatic nitrogens is 2. The number of carbonyl (C=O) groups excluding carboxylic acids is 1. The molecule has 1 amide bonds. The summed E-state index contributed by atoms with van der Waals surface area (Å²) < 4.78 is 12.7. The maximum Gasteiger partial charge on any atom is 0.255 e. The molecule has 0 aliphatic carbocycles. The van der Waals surface area contributed by atoms with Gasteiger partial charge in [0.05, 0.1) is 31.5 Å². The van der Waals surface area contributed by atoms with Crippen LogP contribution in [0.4, 0.5) is 0 Å². The van der Waals surface area contributed by atoms with Crippen molar-refractivity contribution in [2.45, 2.75) is 6.04 Å². The zero-order valence-corrected chi connectivity index (χ0v) is 20.4. The Labute approximate surface area is 205 Å². The fourth-order valence-electron chi connectivity index (χ4n) is 4.02. The molecule has 7 heteroatoms. The summed E-state index contributed by atoms with van der Waals surface area (Å²) in [4.78, 5) is 15.6. The normalized spacial score (nSPS) is 11.8. The standard InChI is InChI=1S/C28H30N4O3/c1-31(2)25(20-11-10-14-22(17-20)34-3)18-29-28(33)24-19-32(21-12-6-5-7-13-21)30-27(24)23-15-8-9-16-26(23)35-4/h5-17,19,25H,18H2,1-4H3,(H,29,33). The third kappa shape index (κ3) is 5.36. The Balaban J connectivity index is 1.67. The van der Waals surface area contributed by atoms with Crippen LogP contribution in [0, 0.1) is 0 Å². The van der Waals surface area contributed by atoms with Crippen LogP contribution in [0.1, 0.15) is 22.0 Å². The van der Waals surface area contributed by atoms with Crippen LogP contribution >= 0.6 is 0 Å². The summed E-state index contributed by atoms with van der Waals surface area (Å²) in [5.74, 6) is 1.23. The third-order valence-electron chi connectivity index (χ3n) is 5.90. The van der Waals surface area contributed by atoms with Gasteiger partial charge in [-0.3, -0.25) is 4.79 Å². The molecule has 0 aliphatic rings. The Bertz CT molecular complexity index is 1280. The van der Waals surface area contributed by atoms with Crippen LogP contribution in [0.25, 0.3) is 16.9 Å². The molecule has 7 nitrogen and oxygen atoms in total. The van der Waals surface area contributed by atoms with Gasteiger partial charge >= 0.3 is 0 Å². The highest BCUT2D eigenvalue weighted by atomic mass is 16.5. The molecule has 0 fully saturated rings. The molecule has 0 spiro atoms. The monoisotopic (exact) mass is 470 g/mol. The van der Waals surface area contributed by atoms with Crippen LogP contribution in [-0.2, 0) is 0 Å². The first-order valence-electron chi connectivity index (χ1n) is 11.4. The molecule has 1 heterocycles. The van der Waals surface area contributed by atoms with Gasteiger partial charge in [-0.15, -0.1) is 0 Å². The van der Waals surface area contributed by atoms with E-state index in [0.29, 0.717) is 23.6 Å². The molecule has 1 N–H and O–H groups in total. The fourth-order valence-corrected chi connectivity index (χ4v) is 4.02. The van der Waals surface area contributed by atoms with E-state index in [1.54, 1.807) is 25.1 Å². The maximum absolute atomic E-state index is 13.5. The third-order valence-corrected chi connectivity index (χ3v) is 5.90. The first-order valence-corrected chi connectivity index (χ1v) is 11.4. The second kappa shape index (κ2) is 10.9. The van der Waals surface area contributed by atoms with Crippen LogP contribution in [-0.4, -0.2) is 55.4 Å². The number of benzene rings is 3. The van der Waals surface area contributed by atoms with Crippen LogP contribution in [0.15, 0.2) is 85.1 Å². The van der Waals surface area contributed by atoms with E-state index >= 15 is 0 Å². The average Bonchev–Trinajstić information content (AvgIpc) is 3.34. The molecule has 180 valence electrons. The van der Waals surface area contributed by atoms with Gasteiger partial charge in [-0.1, -0.05) is 42.5 Å². The van der Waals surface area contributed by atoms with Crippen LogP contribution in [0.5, 0.6) is 11.5 Å². The zero-order chi connectivity index (χ0) is 24.8. The number of ether oxygens (including phenoxy) is 2. The minimum absolute atomic E-state index is 0.0343. The fraction of sp³-hybridized carbons (Fsp3) is 0.214. The van der Waals surface area contributed by atoms with Crippen molar-refractivity contribution in [1.29, 1.82) is 0 Å². The number of amides is 1. The molecule has 0 saturated carbocycles. The predicted molar refractivity (Wildman–Crippen MR) is 137 cm³/mol. The van der Waals surface area contributed by atoms with Crippen LogP contribution < -0.4 is 14.8 Å². The lowest BCUT2D eigenvalue weighted by Crippen LogP contribution is -2.34. The summed E-state index contributed by atoms with van der Waals surface area (Å²) in [5, 5.41) is 7.89. The number of hydrogen-bond donors (Lipinski definition) is 1. The first kappa shape index (κ1) is 24.0. The highest BCUT2D eigenvalue weighted by molar-refractivity contribution is 6.00. The molecule has 4 aromatic rings. The second-order valence-corrected chi connectivity index (χ2v) is 8.34. The van der Waals surface area contributed by atoms with E-state index in [-0.39, 0.29) is 11.9 Å². The number of rotatable bonds is 9. The summed E-state index contributed by atoms with van der Waals surface area (Å²) in [7, 11) is 7.24. The van der Waals surface area contributed by atoms with E-state index in [4.69, 9.17) is 14.6 Å². The van der Waals surface area contributed by atoms with Gasteiger partial charge in [0.1, 0.15) is 17.2 Å². The topological polar surface area (TPSA) is 68.6 Å². The molecule has 0 saturated heterocycles. The predicted octanol–water partition coefficient (Wildman–Crippen LogP) is 4.59. The van der Waals surface area contributed by atoms with E-state index < -0.39 is 0 Å². The Hall–Kier alpha value is -4.10. The van der Waals surface area contributed by atoms with E-state index in [1.165, 1.54) is 0 Å². The van der Waals surface area contributed by atoms with E-state index in [9.17, 15) is 4.79 Å². The Kier molecular flexibility index (Phi) is 7.48. The van der Waals surface area contributed by atoms with Gasteiger partial charge in [0, 0.05) is 18.3 Å². The number of likely N-dealkylation sites (N-methyl/N-ethyl adjacent to an activating group) is 1. The summed E-state index contributed by atoms with van der Waals surface area (Å²) in [5.41, 5.74) is 3.71. The molecule has 0 bridgehead atoms. The van der Waals surface area contributed by atoms with Crippen molar-refractivity contribution in [3.05, 3.63) is 96.2 Å². The number of para-hydroxylation sites is 2. The second-order valence-electron chi connectivity index (χ2n) is 8.34. The zero-order valence-electron chi connectivity index (χ0n) is 20.4. The quantitative estimate of drug-likeness (QED) is 0.388. The Morgan fingerprint density at radius 1 is 0.971 bits per heavy atom. The van der Waals surface area contributed by atoms with Gasteiger partial charge in [-0.2, -0.15) is 5.10 Å². The summed E-state index contributed by atoms with van der Waals surface area (Å²) in [6.45, 7) is 0.418. The van der Waals surface area contributed by atoms with Crippen LogP contribution in [0.2, 0.25) is 0 Å². The summed E-state index contributed by atoms with van der Waals surface area (Å²) in [6, 6.07) is 25.2. The summed E-state index contributed by atoms with van der Waals surface area (Å²) in [6.07, 6.45) is 1.77. The summed E-state index contributed by atoms with van der Waals surface area (Å²) >= 11 is 0. The van der Waals surface area contributed by atoms with Crippen molar-refractivity contribution in [2.75, 3.05) is 34.9 Å². The number of methoxy groups -OCH3 is 2. The van der Waals surface area contributed by atoms with Crippen molar-refractivity contribution in [1.82, 2.24) is 20.0 Å². The van der Waals surface area contributed by atoms with Gasteiger partial charge in [0.2, 0.25) is 0 Å². The first-order chi connectivity index (χ1) is 17.0. The largest absolute Gasteiger partial charge is 0.497 e. The molecule has 1 unspecified atom stereocenters. The van der Waals surface area contributed by atoms with Crippen molar-refractivity contribution < 1.29 is 14.3 Å². The van der Waals surface area contributed by atoms with Gasteiger partial charge in [-0.25, -0.2) is 4.68 Å². The maximum atomic E-state index is 13.5. The van der Waals surface area contributed by atoms with Gasteiger partial charge in [-0.05, 0) is 56.1 Å². The van der Waals surface area contributed by atoms with Crippen molar-refractivity contribution in [2.24, 2.45) is 0 Å². The number of nitrogens with zero attached hydrogens (tertiary/aromatic N) is 3. The molecule has 1 aromatic heterocycles. The molecule has 1 atom stereocenters. The van der Waals surface area contributed by atoms with E-state index in [0.717, 1.165) is 22.6 Å². The molecular weight excluding hydrogens is 440 g/mol. The lowest BCUT2D eigenvalue weighted by atomic mass is 10.0. The molecule has 0 radical (unpaired) electrons. The van der Waals surface area contributed by atoms with Crippen molar-refractivity contribution >= 4 is 5.91 Å². The number of carbonyl (C=O) groups is 1. The minimum Gasteiger partial charge on any atom is -0.497 e. The highest BCUT2D eigenvalue weighted by Crippen LogP contribution is 2.32. The molecule has 3 aromatic carbocycles. The van der Waals surface area contributed by atoms with E-state index in [1.807, 2.05) is 93.0 Å². The average molecular weight is 471 g/mol. The molecular formula is C28H30N4O3. The highest BCUT2D eigenvalue weighted by Gasteiger charge is 2.23. The number of hydrogen-bond acceptors (Lipinski definition) is 5. The van der Waals surface area contributed by atoms with Crippen molar-refractivity contribution in [3.8, 4) is 28.4 Å². The molecule has 35 heavy (non-hydrogen) atoms. The smallest absolute Gasteiger partial charge is 0.255 e. The SMILES string of the molecule is COc1cccc(C(CNC(=O)c2cn(-c3ccccc3)nc2-c2ccccc2OC)N(C)C)c1. The van der Waals surface area contributed by atoms with Gasteiger partial charge in [0.15, 0.2) is 0 Å². The Morgan fingerprint density at radius 2 is 1.71 bits per heavy atom. The van der Waals surface area contributed by atoms with Crippen molar-refractivity contribution in [3.63, 3.8) is 0 Å². The Morgan fingerprint density at radius 3 is 2.43 bits per heavy atom. The van der Waals surface area contributed by atoms with Gasteiger partial charge in [0.25, 0.3) is 5.91 Å². The van der Waals surface area contributed by atoms with Gasteiger partial charge < -0.3 is 19.7 Å². The lowest BCUT2D eigenvalue weighted by molar-refractivity contribution is 0.0942.